The number of nitrogens with two attached hydrogens (primary N) is 1. The van der Waals surface area contributed by atoms with Gasteiger partial charge in [-0.2, -0.15) is 0 Å². The van der Waals surface area contributed by atoms with Crippen molar-refractivity contribution in [3.8, 4) is 0 Å². The van der Waals surface area contributed by atoms with Crippen molar-refractivity contribution in [3.63, 3.8) is 0 Å². The summed E-state index contributed by atoms with van der Waals surface area (Å²) in [7, 11) is 0. The van der Waals surface area contributed by atoms with Crippen LogP contribution in [0.5, 0.6) is 0 Å². The Morgan fingerprint density at radius 1 is 1.33 bits per heavy atom. The summed E-state index contributed by atoms with van der Waals surface area (Å²) in [6.45, 7) is 6.60. The van der Waals surface area contributed by atoms with E-state index in [2.05, 4.69) is 31.8 Å². The van der Waals surface area contributed by atoms with E-state index in [4.69, 9.17) is 5.73 Å². The third-order valence-electron chi connectivity index (χ3n) is 3.13. The first-order valence-electron chi connectivity index (χ1n) is 5.83. The predicted molar refractivity (Wildman–Crippen MR) is 64.7 cm³/mol. The lowest BCUT2D eigenvalue weighted by molar-refractivity contribution is 0.377. The van der Waals surface area contributed by atoms with Gasteiger partial charge in [-0.15, -0.1) is 0 Å². The topological polar surface area (TPSA) is 38.9 Å². The van der Waals surface area contributed by atoms with Crippen molar-refractivity contribution in [1.82, 2.24) is 4.98 Å². The van der Waals surface area contributed by atoms with Gasteiger partial charge in [-0.3, -0.25) is 4.98 Å². The van der Waals surface area contributed by atoms with Gasteiger partial charge in [-0.05, 0) is 24.5 Å². The second kappa shape index (κ2) is 5.86. The highest BCUT2D eigenvalue weighted by Gasteiger charge is 2.20. The molecule has 3 unspecified atom stereocenters. The second-order valence-corrected chi connectivity index (χ2v) is 4.39. The maximum absolute atomic E-state index is 6.24. The van der Waals surface area contributed by atoms with E-state index in [-0.39, 0.29) is 6.04 Å². The minimum Gasteiger partial charge on any atom is -0.327 e. The van der Waals surface area contributed by atoms with Crippen LogP contribution in [0.1, 0.15) is 45.2 Å². The Balaban J connectivity index is 2.64. The second-order valence-electron chi connectivity index (χ2n) is 4.39. The average molecular weight is 206 g/mol. The number of nitrogens with zero attached hydrogens (tertiary/aromatic N) is 1. The molecule has 1 aromatic heterocycles. The van der Waals surface area contributed by atoms with Crippen molar-refractivity contribution < 1.29 is 0 Å². The number of rotatable bonds is 5. The fourth-order valence-electron chi connectivity index (χ4n) is 1.98. The van der Waals surface area contributed by atoms with E-state index in [9.17, 15) is 0 Å². The minimum absolute atomic E-state index is 0.208. The van der Waals surface area contributed by atoms with Crippen molar-refractivity contribution in [2.45, 2.75) is 45.6 Å². The zero-order chi connectivity index (χ0) is 11.3. The van der Waals surface area contributed by atoms with Gasteiger partial charge in [0.1, 0.15) is 0 Å². The Bertz CT molecular complexity index is 271. The van der Waals surface area contributed by atoms with Gasteiger partial charge >= 0.3 is 0 Å². The van der Waals surface area contributed by atoms with Crippen LogP contribution in [0.25, 0.3) is 0 Å². The van der Waals surface area contributed by atoms with Crippen LogP contribution in [0.15, 0.2) is 24.4 Å². The molecule has 0 amide bonds. The molecular formula is C13H22N2. The number of hydrogen-bond acceptors (Lipinski definition) is 2. The standard InChI is InChI=1S/C13H22N2/c1-4-7-10(2)13(14)11(3)12-8-5-6-9-15-12/h5-6,8-11,13H,4,7,14H2,1-3H3. The van der Waals surface area contributed by atoms with Gasteiger partial charge in [0.05, 0.1) is 0 Å². The summed E-state index contributed by atoms with van der Waals surface area (Å²) >= 11 is 0. The Morgan fingerprint density at radius 3 is 2.60 bits per heavy atom. The van der Waals surface area contributed by atoms with Gasteiger partial charge in [0.15, 0.2) is 0 Å². The monoisotopic (exact) mass is 206 g/mol. The molecular weight excluding hydrogens is 184 g/mol. The smallest absolute Gasteiger partial charge is 0.0447 e. The van der Waals surface area contributed by atoms with Crippen molar-refractivity contribution in [3.05, 3.63) is 30.1 Å². The fourth-order valence-corrected chi connectivity index (χ4v) is 1.98. The molecule has 0 aliphatic rings. The number of hydrogen-bond donors (Lipinski definition) is 1. The van der Waals surface area contributed by atoms with Crippen molar-refractivity contribution in [2.75, 3.05) is 0 Å². The minimum atomic E-state index is 0.208. The number of aromatic nitrogens is 1. The summed E-state index contributed by atoms with van der Waals surface area (Å²) in [5.41, 5.74) is 7.34. The molecule has 2 nitrogen and oxygen atoms in total. The van der Waals surface area contributed by atoms with Gasteiger partial charge in [0.2, 0.25) is 0 Å². The van der Waals surface area contributed by atoms with Crippen LogP contribution in [0, 0.1) is 5.92 Å². The van der Waals surface area contributed by atoms with Gasteiger partial charge < -0.3 is 5.73 Å². The first kappa shape index (κ1) is 12.2. The molecule has 0 bridgehead atoms. The molecule has 0 aliphatic carbocycles. The Kier molecular flexibility index (Phi) is 4.76. The summed E-state index contributed by atoms with van der Waals surface area (Å²) in [5, 5.41) is 0. The van der Waals surface area contributed by atoms with E-state index in [1.165, 1.54) is 12.8 Å². The highest BCUT2D eigenvalue weighted by atomic mass is 14.7. The first-order chi connectivity index (χ1) is 7.16. The maximum Gasteiger partial charge on any atom is 0.0447 e. The van der Waals surface area contributed by atoms with E-state index in [0.29, 0.717) is 11.8 Å². The Morgan fingerprint density at radius 2 is 2.07 bits per heavy atom. The lowest BCUT2D eigenvalue weighted by Crippen LogP contribution is -2.33. The molecule has 0 saturated heterocycles. The van der Waals surface area contributed by atoms with Crippen LogP contribution in [0.3, 0.4) is 0 Å². The third kappa shape index (κ3) is 3.31. The van der Waals surface area contributed by atoms with E-state index in [0.717, 1.165) is 5.69 Å². The molecule has 1 heterocycles. The van der Waals surface area contributed by atoms with Crippen molar-refractivity contribution in [2.24, 2.45) is 11.7 Å². The molecule has 84 valence electrons. The van der Waals surface area contributed by atoms with Crippen molar-refractivity contribution >= 4 is 0 Å². The van der Waals surface area contributed by atoms with Gasteiger partial charge in [-0.1, -0.05) is 33.3 Å². The summed E-state index contributed by atoms with van der Waals surface area (Å²) in [5.74, 6) is 0.903. The van der Waals surface area contributed by atoms with E-state index in [1.54, 1.807) is 0 Å². The van der Waals surface area contributed by atoms with Crippen LogP contribution < -0.4 is 5.73 Å². The molecule has 1 aromatic rings. The predicted octanol–water partition coefficient (Wildman–Crippen LogP) is 2.95. The Hall–Kier alpha value is -0.890. The molecule has 0 aromatic carbocycles. The van der Waals surface area contributed by atoms with E-state index >= 15 is 0 Å². The van der Waals surface area contributed by atoms with Crippen LogP contribution in [0.2, 0.25) is 0 Å². The maximum atomic E-state index is 6.24. The molecule has 0 saturated carbocycles. The quantitative estimate of drug-likeness (QED) is 0.804. The summed E-state index contributed by atoms with van der Waals surface area (Å²) in [6.07, 6.45) is 4.23. The lowest BCUT2D eigenvalue weighted by atomic mass is 9.86. The average Bonchev–Trinajstić information content (AvgIpc) is 2.28. The fraction of sp³-hybridized carbons (Fsp3) is 0.615. The number of pyridine rings is 1. The Labute approximate surface area is 92.9 Å². The normalized spacial score (nSPS) is 17.1. The zero-order valence-corrected chi connectivity index (χ0v) is 9.98. The molecule has 0 fully saturated rings. The SMILES string of the molecule is CCCC(C)C(N)C(C)c1ccccn1. The van der Waals surface area contributed by atoms with Crippen LogP contribution >= 0.6 is 0 Å². The molecule has 2 N–H and O–H groups in total. The van der Waals surface area contributed by atoms with Gasteiger partial charge in [-0.25, -0.2) is 0 Å². The molecule has 2 heteroatoms. The molecule has 0 aliphatic heterocycles. The van der Waals surface area contributed by atoms with Crippen LogP contribution in [-0.4, -0.2) is 11.0 Å². The molecule has 0 spiro atoms. The summed E-state index contributed by atoms with van der Waals surface area (Å²) < 4.78 is 0. The summed E-state index contributed by atoms with van der Waals surface area (Å²) in [4.78, 5) is 4.36. The molecule has 0 radical (unpaired) electrons. The highest BCUT2D eigenvalue weighted by molar-refractivity contribution is 5.11. The van der Waals surface area contributed by atoms with Gasteiger partial charge in [0.25, 0.3) is 0 Å². The first-order valence-corrected chi connectivity index (χ1v) is 5.83. The molecule has 15 heavy (non-hydrogen) atoms. The zero-order valence-electron chi connectivity index (χ0n) is 9.98. The van der Waals surface area contributed by atoms with Crippen molar-refractivity contribution in [1.29, 1.82) is 0 Å². The molecule has 1 rings (SSSR count). The van der Waals surface area contributed by atoms with Crippen LogP contribution in [-0.2, 0) is 0 Å². The van der Waals surface area contributed by atoms with E-state index in [1.807, 2.05) is 18.3 Å². The largest absolute Gasteiger partial charge is 0.327 e. The highest BCUT2D eigenvalue weighted by Crippen LogP contribution is 2.22. The van der Waals surface area contributed by atoms with Crippen LogP contribution in [0.4, 0.5) is 0 Å². The van der Waals surface area contributed by atoms with E-state index < -0.39 is 0 Å². The third-order valence-corrected chi connectivity index (χ3v) is 3.13. The molecule has 3 atom stereocenters. The van der Waals surface area contributed by atoms with Gasteiger partial charge in [0, 0.05) is 23.9 Å². The summed E-state index contributed by atoms with van der Waals surface area (Å²) in [6, 6.07) is 6.23. The lowest BCUT2D eigenvalue weighted by Gasteiger charge is -2.25.